The van der Waals surface area contributed by atoms with Gasteiger partial charge in [-0.15, -0.1) is 0 Å². The van der Waals surface area contributed by atoms with E-state index in [9.17, 15) is 5.11 Å². The van der Waals surface area contributed by atoms with Gasteiger partial charge in [-0.1, -0.05) is 35.9 Å². The van der Waals surface area contributed by atoms with Crippen LogP contribution in [0.5, 0.6) is 0 Å². The van der Waals surface area contributed by atoms with E-state index >= 15 is 0 Å². The summed E-state index contributed by atoms with van der Waals surface area (Å²) in [6.45, 7) is 2.30. The van der Waals surface area contributed by atoms with Crippen molar-refractivity contribution in [2.24, 2.45) is 5.92 Å². The third-order valence-electron chi connectivity index (χ3n) is 2.68. The molecule has 0 aromatic heterocycles. The second-order valence-corrected chi connectivity index (χ2v) is 4.07. The standard InChI is InChI=1S/C13H16O/c1-10-3-2-4-11(7-10)8-13(9-14)12-5-6-12/h2-4,7-8,12,14H,5-6,9H2,1H3/b13-8+. The van der Waals surface area contributed by atoms with Crippen LogP contribution in [-0.2, 0) is 0 Å². The van der Waals surface area contributed by atoms with Gasteiger partial charge in [-0.2, -0.15) is 0 Å². The van der Waals surface area contributed by atoms with Gasteiger partial charge in [-0.05, 0) is 36.8 Å². The van der Waals surface area contributed by atoms with Crippen LogP contribution in [0, 0.1) is 12.8 Å². The van der Waals surface area contributed by atoms with Crippen LogP contribution in [0.3, 0.4) is 0 Å². The van der Waals surface area contributed by atoms with E-state index in [0.717, 1.165) is 0 Å². The SMILES string of the molecule is Cc1cccc(/C=C(\CO)C2CC2)c1. The van der Waals surface area contributed by atoms with Gasteiger partial charge in [0.2, 0.25) is 0 Å². The Balaban J connectivity index is 2.21. The largest absolute Gasteiger partial charge is 0.392 e. The smallest absolute Gasteiger partial charge is 0.0647 e. The van der Waals surface area contributed by atoms with E-state index in [-0.39, 0.29) is 6.61 Å². The minimum Gasteiger partial charge on any atom is -0.392 e. The lowest BCUT2D eigenvalue weighted by molar-refractivity contribution is 0.326. The highest BCUT2D eigenvalue weighted by Gasteiger charge is 2.24. The summed E-state index contributed by atoms with van der Waals surface area (Å²) in [7, 11) is 0. The maximum absolute atomic E-state index is 9.20. The molecule has 1 aromatic carbocycles. The van der Waals surface area contributed by atoms with Crippen molar-refractivity contribution in [1.82, 2.24) is 0 Å². The van der Waals surface area contributed by atoms with E-state index in [1.165, 1.54) is 29.5 Å². The fraction of sp³-hybridized carbons (Fsp3) is 0.385. The molecule has 14 heavy (non-hydrogen) atoms. The second kappa shape index (κ2) is 3.97. The maximum atomic E-state index is 9.20. The highest BCUT2D eigenvalue weighted by molar-refractivity contribution is 5.55. The van der Waals surface area contributed by atoms with Gasteiger partial charge in [0.25, 0.3) is 0 Å². The molecule has 1 nitrogen and oxygen atoms in total. The molecule has 1 saturated carbocycles. The van der Waals surface area contributed by atoms with Crippen LogP contribution in [-0.4, -0.2) is 11.7 Å². The minimum absolute atomic E-state index is 0.207. The van der Waals surface area contributed by atoms with Crippen molar-refractivity contribution < 1.29 is 5.11 Å². The fourth-order valence-electron chi connectivity index (χ4n) is 1.72. The molecule has 0 aliphatic heterocycles. The van der Waals surface area contributed by atoms with Crippen LogP contribution in [0.25, 0.3) is 6.08 Å². The molecule has 1 fully saturated rings. The molecule has 2 rings (SSSR count). The summed E-state index contributed by atoms with van der Waals surface area (Å²) in [5, 5.41) is 9.20. The van der Waals surface area contributed by atoms with Crippen molar-refractivity contribution >= 4 is 6.08 Å². The molecule has 0 spiro atoms. The van der Waals surface area contributed by atoms with Gasteiger partial charge in [-0.25, -0.2) is 0 Å². The van der Waals surface area contributed by atoms with Crippen molar-refractivity contribution in [3.05, 3.63) is 41.0 Å². The third kappa shape index (κ3) is 2.24. The summed E-state index contributed by atoms with van der Waals surface area (Å²) in [5.41, 5.74) is 3.67. The van der Waals surface area contributed by atoms with E-state index in [4.69, 9.17) is 0 Å². The second-order valence-electron chi connectivity index (χ2n) is 4.07. The highest BCUT2D eigenvalue weighted by atomic mass is 16.3. The summed E-state index contributed by atoms with van der Waals surface area (Å²) in [5.74, 6) is 0.653. The lowest BCUT2D eigenvalue weighted by Crippen LogP contribution is -1.92. The molecule has 0 atom stereocenters. The van der Waals surface area contributed by atoms with Crippen molar-refractivity contribution in [2.45, 2.75) is 19.8 Å². The predicted octanol–water partition coefficient (Wildman–Crippen LogP) is 2.78. The first-order valence-corrected chi connectivity index (χ1v) is 5.17. The van der Waals surface area contributed by atoms with E-state index in [2.05, 4.69) is 37.3 Å². The van der Waals surface area contributed by atoms with Crippen LogP contribution in [0.15, 0.2) is 29.8 Å². The zero-order chi connectivity index (χ0) is 9.97. The minimum atomic E-state index is 0.207. The van der Waals surface area contributed by atoms with Gasteiger partial charge in [0.05, 0.1) is 6.61 Å². The van der Waals surface area contributed by atoms with Gasteiger partial charge < -0.3 is 5.11 Å². The predicted molar refractivity (Wildman–Crippen MR) is 59.0 cm³/mol. The van der Waals surface area contributed by atoms with Crippen LogP contribution >= 0.6 is 0 Å². The van der Waals surface area contributed by atoms with Gasteiger partial charge in [0, 0.05) is 0 Å². The van der Waals surface area contributed by atoms with Crippen LogP contribution < -0.4 is 0 Å². The van der Waals surface area contributed by atoms with Crippen LogP contribution in [0.1, 0.15) is 24.0 Å². The first-order chi connectivity index (χ1) is 6.79. The van der Waals surface area contributed by atoms with Gasteiger partial charge in [0.15, 0.2) is 0 Å². The number of benzene rings is 1. The van der Waals surface area contributed by atoms with Crippen molar-refractivity contribution in [3.63, 3.8) is 0 Å². The summed E-state index contributed by atoms with van der Waals surface area (Å²) in [6, 6.07) is 8.39. The molecule has 1 aliphatic carbocycles. The highest BCUT2D eigenvalue weighted by Crippen LogP contribution is 2.37. The summed E-state index contributed by atoms with van der Waals surface area (Å²) >= 11 is 0. The Bertz CT molecular complexity index is 348. The Morgan fingerprint density at radius 1 is 1.50 bits per heavy atom. The number of aliphatic hydroxyl groups is 1. The molecule has 0 bridgehead atoms. The summed E-state index contributed by atoms with van der Waals surface area (Å²) in [4.78, 5) is 0. The molecule has 0 amide bonds. The molecule has 74 valence electrons. The van der Waals surface area contributed by atoms with E-state index < -0.39 is 0 Å². The normalized spacial score (nSPS) is 17.1. The number of hydrogen-bond acceptors (Lipinski definition) is 1. The number of aryl methyl sites for hydroxylation is 1. The van der Waals surface area contributed by atoms with Crippen molar-refractivity contribution in [3.8, 4) is 0 Å². The van der Waals surface area contributed by atoms with Crippen LogP contribution in [0.4, 0.5) is 0 Å². The molecule has 0 heterocycles. The lowest BCUT2D eigenvalue weighted by atomic mass is 10.1. The molecule has 1 aromatic rings. The number of aliphatic hydroxyl groups excluding tert-OH is 1. The van der Waals surface area contributed by atoms with Crippen molar-refractivity contribution in [1.29, 1.82) is 0 Å². The first kappa shape index (κ1) is 9.47. The van der Waals surface area contributed by atoms with Gasteiger partial charge in [0.1, 0.15) is 0 Å². The average Bonchev–Trinajstić information content (AvgIpc) is 2.97. The monoisotopic (exact) mass is 188 g/mol. The topological polar surface area (TPSA) is 20.2 Å². The number of hydrogen-bond donors (Lipinski definition) is 1. The molecule has 1 heteroatoms. The first-order valence-electron chi connectivity index (χ1n) is 5.17. The molecule has 0 saturated heterocycles. The van der Waals surface area contributed by atoms with Crippen molar-refractivity contribution in [2.75, 3.05) is 6.61 Å². The Kier molecular flexibility index (Phi) is 2.69. The zero-order valence-electron chi connectivity index (χ0n) is 8.53. The Morgan fingerprint density at radius 3 is 2.86 bits per heavy atom. The average molecular weight is 188 g/mol. The molecule has 0 radical (unpaired) electrons. The number of rotatable bonds is 3. The van der Waals surface area contributed by atoms with E-state index in [1.54, 1.807) is 0 Å². The molecular weight excluding hydrogens is 172 g/mol. The summed E-state index contributed by atoms with van der Waals surface area (Å²) in [6.07, 6.45) is 4.63. The molecule has 0 unspecified atom stereocenters. The van der Waals surface area contributed by atoms with Crippen LogP contribution in [0.2, 0.25) is 0 Å². The quantitative estimate of drug-likeness (QED) is 0.773. The molecule has 1 aliphatic rings. The molecular formula is C13H16O. The van der Waals surface area contributed by atoms with Gasteiger partial charge in [-0.3, -0.25) is 0 Å². The fourth-order valence-corrected chi connectivity index (χ4v) is 1.72. The van der Waals surface area contributed by atoms with E-state index in [0.29, 0.717) is 5.92 Å². The zero-order valence-corrected chi connectivity index (χ0v) is 8.53. The Morgan fingerprint density at radius 2 is 2.29 bits per heavy atom. The summed E-state index contributed by atoms with van der Waals surface area (Å²) < 4.78 is 0. The maximum Gasteiger partial charge on any atom is 0.0647 e. The molecule has 1 N–H and O–H groups in total. The lowest BCUT2D eigenvalue weighted by Gasteiger charge is -2.02. The van der Waals surface area contributed by atoms with E-state index in [1.807, 2.05) is 0 Å². The Hall–Kier alpha value is -1.08. The van der Waals surface area contributed by atoms with Gasteiger partial charge >= 0.3 is 0 Å². The Labute approximate surface area is 85.1 Å². The third-order valence-corrected chi connectivity index (χ3v) is 2.68.